The number of nitrogens with one attached hydrogen (secondary N) is 1. The zero-order chi connectivity index (χ0) is 20.8. The van der Waals surface area contributed by atoms with Crippen molar-refractivity contribution >= 4 is 17.3 Å². The zero-order valence-electron chi connectivity index (χ0n) is 18.1. The number of likely N-dealkylation sites (N-methyl/N-ethyl adjacent to an activating group) is 1. The van der Waals surface area contributed by atoms with Gasteiger partial charge in [0, 0.05) is 37.6 Å². The van der Waals surface area contributed by atoms with E-state index >= 15 is 0 Å². The first-order chi connectivity index (χ1) is 14.0. The van der Waals surface area contributed by atoms with Crippen molar-refractivity contribution < 1.29 is 9.53 Å². The molecule has 1 aliphatic rings. The summed E-state index contributed by atoms with van der Waals surface area (Å²) in [6.07, 6.45) is 0.327. The number of anilines is 2. The first-order valence-electron chi connectivity index (χ1n) is 10.5. The fraction of sp³-hybridized carbons (Fsp3) is 0.458. The molecule has 0 unspecified atom stereocenters. The molecule has 1 saturated heterocycles. The van der Waals surface area contributed by atoms with Crippen molar-refractivity contribution in [1.29, 1.82) is 0 Å². The Hall–Kier alpha value is -2.53. The molecule has 0 saturated carbocycles. The predicted molar refractivity (Wildman–Crippen MR) is 120 cm³/mol. The number of benzene rings is 2. The number of piperazine rings is 1. The van der Waals surface area contributed by atoms with Crippen LogP contribution in [0.1, 0.15) is 30.0 Å². The number of carbonyl (C=O) groups excluding carboxylic acids is 1. The average Bonchev–Trinajstić information content (AvgIpc) is 2.72. The van der Waals surface area contributed by atoms with Gasteiger partial charge in [-0.15, -0.1) is 0 Å². The number of ether oxygens (including phenoxy) is 1. The molecule has 0 bridgehead atoms. The molecular weight excluding hydrogens is 362 g/mol. The summed E-state index contributed by atoms with van der Waals surface area (Å²) >= 11 is 0. The third-order valence-corrected chi connectivity index (χ3v) is 5.60. The third-order valence-electron chi connectivity index (χ3n) is 5.60. The van der Waals surface area contributed by atoms with Gasteiger partial charge in [0.25, 0.3) is 0 Å². The van der Waals surface area contributed by atoms with Gasteiger partial charge in [0.15, 0.2) is 0 Å². The summed E-state index contributed by atoms with van der Waals surface area (Å²) in [5.74, 6) is 0.823. The molecular formula is C24H33N3O2. The maximum atomic E-state index is 12.4. The molecule has 1 heterocycles. The minimum atomic E-state index is -0.0253. The van der Waals surface area contributed by atoms with Gasteiger partial charge in [0.2, 0.25) is 5.91 Å². The van der Waals surface area contributed by atoms with E-state index in [-0.39, 0.29) is 5.91 Å². The Bertz CT molecular complexity index is 842. The van der Waals surface area contributed by atoms with E-state index < -0.39 is 0 Å². The number of amides is 1. The molecule has 0 radical (unpaired) electrons. The van der Waals surface area contributed by atoms with Gasteiger partial charge in [-0.3, -0.25) is 4.79 Å². The SMILES string of the molecule is CCN1CCN(c2ccc(NC(=O)CCOc3cc(C)ccc3C)c(C)c2)CC1. The summed E-state index contributed by atoms with van der Waals surface area (Å²) in [5.41, 5.74) is 5.43. The summed E-state index contributed by atoms with van der Waals surface area (Å²) in [5, 5.41) is 3.02. The average molecular weight is 396 g/mol. The number of aryl methyl sites for hydroxylation is 3. The minimum Gasteiger partial charge on any atom is -0.493 e. The van der Waals surface area contributed by atoms with Crippen molar-refractivity contribution in [2.24, 2.45) is 0 Å². The van der Waals surface area contributed by atoms with E-state index in [1.807, 2.05) is 39.0 Å². The second-order valence-corrected chi connectivity index (χ2v) is 7.84. The number of carbonyl (C=O) groups is 1. The van der Waals surface area contributed by atoms with E-state index in [0.717, 1.165) is 60.9 Å². The molecule has 3 rings (SSSR count). The molecule has 156 valence electrons. The molecule has 0 aliphatic carbocycles. The molecule has 2 aromatic carbocycles. The normalized spacial score (nSPS) is 14.7. The molecule has 0 atom stereocenters. The van der Waals surface area contributed by atoms with Crippen LogP contribution in [0.3, 0.4) is 0 Å². The van der Waals surface area contributed by atoms with Gasteiger partial charge < -0.3 is 19.9 Å². The highest BCUT2D eigenvalue weighted by Crippen LogP contribution is 2.24. The Morgan fingerprint density at radius 3 is 2.45 bits per heavy atom. The molecule has 1 fully saturated rings. The van der Waals surface area contributed by atoms with Crippen molar-refractivity contribution in [3.8, 4) is 5.75 Å². The lowest BCUT2D eigenvalue weighted by Crippen LogP contribution is -2.46. The highest BCUT2D eigenvalue weighted by molar-refractivity contribution is 5.91. The van der Waals surface area contributed by atoms with Crippen molar-refractivity contribution in [2.75, 3.05) is 49.5 Å². The molecule has 0 aromatic heterocycles. The molecule has 1 N–H and O–H groups in total. The first kappa shape index (κ1) is 21.2. The first-order valence-corrected chi connectivity index (χ1v) is 10.5. The van der Waals surface area contributed by atoms with Gasteiger partial charge >= 0.3 is 0 Å². The Morgan fingerprint density at radius 1 is 1.00 bits per heavy atom. The van der Waals surface area contributed by atoms with Crippen molar-refractivity contribution in [2.45, 2.75) is 34.1 Å². The number of rotatable bonds is 7. The largest absolute Gasteiger partial charge is 0.493 e. The highest BCUT2D eigenvalue weighted by Gasteiger charge is 2.16. The smallest absolute Gasteiger partial charge is 0.227 e. The Kier molecular flexibility index (Phi) is 7.15. The van der Waals surface area contributed by atoms with Crippen LogP contribution in [0, 0.1) is 20.8 Å². The highest BCUT2D eigenvalue weighted by atomic mass is 16.5. The summed E-state index contributed by atoms with van der Waals surface area (Å²) in [6.45, 7) is 14.1. The Balaban J connectivity index is 1.51. The number of hydrogen-bond acceptors (Lipinski definition) is 4. The molecule has 1 aliphatic heterocycles. The van der Waals surface area contributed by atoms with Crippen LogP contribution in [0.2, 0.25) is 0 Å². The molecule has 29 heavy (non-hydrogen) atoms. The molecule has 0 spiro atoms. The van der Waals surface area contributed by atoms with Crippen LogP contribution in [0.4, 0.5) is 11.4 Å². The van der Waals surface area contributed by atoms with Crippen LogP contribution in [-0.4, -0.2) is 50.1 Å². The standard InChI is InChI=1S/C24H33N3O2/c1-5-26-11-13-27(14-12-26)21-8-9-22(20(4)17-21)25-24(28)10-15-29-23-16-18(2)6-7-19(23)3/h6-9,16-17H,5,10-15H2,1-4H3,(H,25,28). The second kappa shape index (κ2) is 9.79. The number of nitrogens with zero attached hydrogens (tertiary/aromatic N) is 2. The van der Waals surface area contributed by atoms with Crippen LogP contribution in [0.5, 0.6) is 5.75 Å². The Labute approximate surface area is 174 Å². The van der Waals surface area contributed by atoms with E-state index in [1.165, 1.54) is 5.69 Å². The summed E-state index contributed by atoms with van der Waals surface area (Å²) in [7, 11) is 0. The summed E-state index contributed by atoms with van der Waals surface area (Å²) in [6, 6.07) is 12.4. The van der Waals surface area contributed by atoms with Gasteiger partial charge in [-0.25, -0.2) is 0 Å². The van der Waals surface area contributed by atoms with Crippen LogP contribution < -0.4 is 15.0 Å². The van der Waals surface area contributed by atoms with E-state index in [4.69, 9.17) is 4.74 Å². The minimum absolute atomic E-state index is 0.0253. The van der Waals surface area contributed by atoms with Crippen LogP contribution in [0.25, 0.3) is 0 Å². The topological polar surface area (TPSA) is 44.8 Å². The van der Waals surface area contributed by atoms with E-state index in [9.17, 15) is 4.79 Å². The fourth-order valence-corrected chi connectivity index (χ4v) is 3.64. The van der Waals surface area contributed by atoms with Crippen molar-refractivity contribution in [3.63, 3.8) is 0 Å². The van der Waals surface area contributed by atoms with Gasteiger partial charge in [-0.05, 0) is 68.3 Å². The maximum Gasteiger partial charge on any atom is 0.227 e. The number of hydrogen-bond donors (Lipinski definition) is 1. The molecule has 2 aromatic rings. The van der Waals surface area contributed by atoms with Gasteiger partial charge in [0.05, 0.1) is 13.0 Å². The van der Waals surface area contributed by atoms with Crippen molar-refractivity contribution in [1.82, 2.24) is 4.90 Å². The van der Waals surface area contributed by atoms with Gasteiger partial charge in [-0.1, -0.05) is 19.1 Å². The zero-order valence-corrected chi connectivity index (χ0v) is 18.1. The molecule has 1 amide bonds. The lowest BCUT2D eigenvalue weighted by atomic mass is 10.1. The van der Waals surface area contributed by atoms with Crippen LogP contribution in [-0.2, 0) is 4.79 Å². The van der Waals surface area contributed by atoms with E-state index in [2.05, 4.69) is 40.2 Å². The Morgan fingerprint density at radius 2 is 1.76 bits per heavy atom. The summed E-state index contributed by atoms with van der Waals surface area (Å²) in [4.78, 5) is 17.2. The quantitative estimate of drug-likeness (QED) is 0.765. The van der Waals surface area contributed by atoms with E-state index in [0.29, 0.717) is 13.0 Å². The molecule has 5 heteroatoms. The second-order valence-electron chi connectivity index (χ2n) is 7.84. The predicted octanol–water partition coefficient (Wildman–Crippen LogP) is 4.16. The third kappa shape index (κ3) is 5.73. The van der Waals surface area contributed by atoms with Crippen LogP contribution >= 0.6 is 0 Å². The van der Waals surface area contributed by atoms with E-state index in [1.54, 1.807) is 0 Å². The lowest BCUT2D eigenvalue weighted by Gasteiger charge is -2.35. The fourth-order valence-electron chi connectivity index (χ4n) is 3.64. The lowest BCUT2D eigenvalue weighted by molar-refractivity contribution is -0.116. The van der Waals surface area contributed by atoms with Crippen molar-refractivity contribution in [3.05, 3.63) is 53.1 Å². The molecule has 5 nitrogen and oxygen atoms in total. The monoisotopic (exact) mass is 395 g/mol. The van der Waals surface area contributed by atoms with Gasteiger partial charge in [-0.2, -0.15) is 0 Å². The van der Waals surface area contributed by atoms with Crippen LogP contribution in [0.15, 0.2) is 36.4 Å². The summed E-state index contributed by atoms with van der Waals surface area (Å²) < 4.78 is 5.80. The van der Waals surface area contributed by atoms with Gasteiger partial charge in [0.1, 0.15) is 5.75 Å². The maximum absolute atomic E-state index is 12.4.